The molecule has 2 aromatic rings. The molecule has 2 amide bonds. The fourth-order valence-corrected chi connectivity index (χ4v) is 4.72. The fourth-order valence-electron chi connectivity index (χ4n) is 4.72. The second-order valence-electron chi connectivity index (χ2n) is 8.05. The minimum atomic E-state index is -0.0719. The van der Waals surface area contributed by atoms with Crippen molar-refractivity contribution in [2.75, 3.05) is 26.2 Å². The average Bonchev–Trinajstić information content (AvgIpc) is 2.76. The molecule has 1 spiro atoms. The van der Waals surface area contributed by atoms with E-state index in [0.29, 0.717) is 5.56 Å². The first-order chi connectivity index (χ1) is 13.6. The Morgan fingerprint density at radius 3 is 2.43 bits per heavy atom. The maximum absolute atomic E-state index is 13.0. The van der Waals surface area contributed by atoms with Crippen LogP contribution in [0.1, 0.15) is 48.0 Å². The SMILES string of the molecule is CCN1CC2(CCN(C(=O)c3ccncc3)CC2)C[C@H](c2ccccc2)C1=O. The molecule has 2 aliphatic heterocycles. The molecule has 146 valence electrons. The predicted octanol–water partition coefficient (Wildman–Crippen LogP) is 3.34. The summed E-state index contributed by atoms with van der Waals surface area (Å²) in [5.41, 5.74) is 1.90. The number of carbonyl (C=O) groups is 2. The Balaban J connectivity index is 1.50. The van der Waals surface area contributed by atoms with Crippen LogP contribution in [0.15, 0.2) is 54.9 Å². The number of hydrogen-bond donors (Lipinski definition) is 0. The summed E-state index contributed by atoms with van der Waals surface area (Å²) >= 11 is 0. The van der Waals surface area contributed by atoms with E-state index in [1.54, 1.807) is 24.5 Å². The first-order valence-electron chi connectivity index (χ1n) is 10.1. The molecule has 0 unspecified atom stereocenters. The number of pyridine rings is 1. The highest BCUT2D eigenvalue weighted by Gasteiger charge is 2.46. The van der Waals surface area contributed by atoms with E-state index in [1.807, 2.05) is 28.0 Å². The van der Waals surface area contributed by atoms with Crippen molar-refractivity contribution in [2.45, 2.75) is 32.1 Å². The van der Waals surface area contributed by atoms with E-state index >= 15 is 0 Å². The minimum absolute atomic E-state index is 0.0719. The van der Waals surface area contributed by atoms with Crippen molar-refractivity contribution < 1.29 is 9.59 Å². The largest absolute Gasteiger partial charge is 0.342 e. The molecule has 1 atom stereocenters. The lowest BCUT2D eigenvalue weighted by Crippen LogP contribution is -2.54. The lowest BCUT2D eigenvalue weighted by Gasteiger charge is -2.49. The number of amides is 2. The standard InChI is InChI=1S/C23H27N3O2/c1-2-25-17-23(16-20(22(25)28)18-6-4-3-5-7-18)10-14-26(15-11-23)21(27)19-8-12-24-13-9-19/h3-9,12-13,20H,2,10-11,14-17H2,1H3/t20-/m1/s1. The number of likely N-dealkylation sites (tertiary alicyclic amines) is 2. The molecule has 0 radical (unpaired) electrons. The van der Waals surface area contributed by atoms with E-state index in [9.17, 15) is 9.59 Å². The molecule has 1 aromatic carbocycles. The van der Waals surface area contributed by atoms with Crippen LogP contribution in [0.25, 0.3) is 0 Å². The van der Waals surface area contributed by atoms with Gasteiger partial charge in [0.05, 0.1) is 5.92 Å². The smallest absolute Gasteiger partial charge is 0.253 e. The molecule has 5 heteroatoms. The van der Waals surface area contributed by atoms with Gasteiger partial charge in [0.25, 0.3) is 5.91 Å². The zero-order valence-corrected chi connectivity index (χ0v) is 16.4. The lowest BCUT2D eigenvalue weighted by atomic mass is 9.67. The first-order valence-corrected chi connectivity index (χ1v) is 10.1. The summed E-state index contributed by atoms with van der Waals surface area (Å²) in [5, 5.41) is 0. The third kappa shape index (κ3) is 3.53. The van der Waals surface area contributed by atoms with E-state index in [-0.39, 0.29) is 23.1 Å². The number of rotatable bonds is 3. The van der Waals surface area contributed by atoms with Crippen LogP contribution in [-0.2, 0) is 4.79 Å². The summed E-state index contributed by atoms with van der Waals surface area (Å²) in [7, 11) is 0. The summed E-state index contributed by atoms with van der Waals surface area (Å²) in [4.78, 5) is 33.7. The third-order valence-corrected chi connectivity index (χ3v) is 6.40. The number of aromatic nitrogens is 1. The first kappa shape index (κ1) is 18.7. The Morgan fingerprint density at radius 2 is 1.79 bits per heavy atom. The predicted molar refractivity (Wildman–Crippen MR) is 108 cm³/mol. The van der Waals surface area contributed by atoms with Gasteiger partial charge in [0, 0.05) is 44.1 Å². The van der Waals surface area contributed by atoms with Crippen molar-refractivity contribution in [3.8, 4) is 0 Å². The zero-order valence-electron chi connectivity index (χ0n) is 16.4. The number of hydrogen-bond acceptors (Lipinski definition) is 3. The maximum atomic E-state index is 13.0. The van der Waals surface area contributed by atoms with Gasteiger partial charge < -0.3 is 9.80 Å². The third-order valence-electron chi connectivity index (χ3n) is 6.40. The van der Waals surface area contributed by atoms with Gasteiger partial charge in [0.15, 0.2) is 0 Å². The normalized spacial score (nSPS) is 21.8. The highest BCUT2D eigenvalue weighted by atomic mass is 16.2. The highest BCUT2D eigenvalue weighted by molar-refractivity contribution is 5.94. The van der Waals surface area contributed by atoms with Gasteiger partial charge in [-0.25, -0.2) is 0 Å². The molecule has 0 aliphatic carbocycles. The summed E-state index contributed by atoms with van der Waals surface area (Å²) < 4.78 is 0. The second-order valence-corrected chi connectivity index (χ2v) is 8.05. The van der Waals surface area contributed by atoms with Crippen LogP contribution >= 0.6 is 0 Å². The lowest BCUT2D eigenvalue weighted by molar-refractivity contribution is -0.141. The summed E-state index contributed by atoms with van der Waals surface area (Å²) in [5.74, 6) is 0.253. The molecular formula is C23H27N3O2. The quantitative estimate of drug-likeness (QED) is 0.824. The number of piperidine rings is 2. The van der Waals surface area contributed by atoms with Crippen molar-refractivity contribution in [3.63, 3.8) is 0 Å². The summed E-state index contributed by atoms with van der Waals surface area (Å²) in [6, 6.07) is 13.7. The van der Waals surface area contributed by atoms with Crippen LogP contribution in [0.3, 0.4) is 0 Å². The van der Waals surface area contributed by atoms with E-state index in [1.165, 1.54) is 0 Å². The van der Waals surface area contributed by atoms with Crippen molar-refractivity contribution in [2.24, 2.45) is 5.41 Å². The Labute approximate surface area is 166 Å². The van der Waals surface area contributed by atoms with Gasteiger partial charge in [-0.05, 0) is 49.3 Å². The van der Waals surface area contributed by atoms with E-state index in [0.717, 1.165) is 51.0 Å². The van der Waals surface area contributed by atoms with Gasteiger partial charge in [0.1, 0.15) is 0 Å². The maximum Gasteiger partial charge on any atom is 0.253 e. The fraction of sp³-hybridized carbons (Fsp3) is 0.435. The molecular weight excluding hydrogens is 350 g/mol. The van der Waals surface area contributed by atoms with Crippen LogP contribution in [0.2, 0.25) is 0 Å². The van der Waals surface area contributed by atoms with Crippen molar-refractivity contribution in [1.82, 2.24) is 14.8 Å². The van der Waals surface area contributed by atoms with Crippen LogP contribution in [-0.4, -0.2) is 52.8 Å². The Kier molecular flexibility index (Phi) is 5.16. The number of carbonyl (C=O) groups excluding carboxylic acids is 2. The molecule has 1 aromatic heterocycles. The van der Waals surface area contributed by atoms with Crippen molar-refractivity contribution >= 4 is 11.8 Å². The monoisotopic (exact) mass is 377 g/mol. The average molecular weight is 377 g/mol. The molecule has 28 heavy (non-hydrogen) atoms. The molecule has 2 aliphatic rings. The number of nitrogens with zero attached hydrogens (tertiary/aromatic N) is 3. The molecule has 3 heterocycles. The Hall–Kier alpha value is -2.69. The van der Waals surface area contributed by atoms with Crippen LogP contribution in [0.5, 0.6) is 0 Å². The van der Waals surface area contributed by atoms with Gasteiger partial charge in [-0.2, -0.15) is 0 Å². The number of benzene rings is 1. The Morgan fingerprint density at radius 1 is 1.11 bits per heavy atom. The summed E-state index contributed by atoms with van der Waals surface area (Å²) in [6.45, 7) is 5.09. The summed E-state index contributed by atoms with van der Waals surface area (Å²) in [6.07, 6.45) is 6.08. The molecule has 5 nitrogen and oxygen atoms in total. The van der Waals surface area contributed by atoms with E-state index in [2.05, 4.69) is 24.0 Å². The van der Waals surface area contributed by atoms with E-state index < -0.39 is 0 Å². The topological polar surface area (TPSA) is 53.5 Å². The van der Waals surface area contributed by atoms with E-state index in [4.69, 9.17) is 0 Å². The highest BCUT2D eigenvalue weighted by Crippen LogP contribution is 2.45. The molecule has 2 saturated heterocycles. The van der Waals surface area contributed by atoms with Gasteiger partial charge in [-0.15, -0.1) is 0 Å². The second kappa shape index (κ2) is 7.74. The van der Waals surface area contributed by atoms with Gasteiger partial charge in [-0.3, -0.25) is 14.6 Å². The van der Waals surface area contributed by atoms with Crippen LogP contribution in [0, 0.1) is 5.41 Å². The molecule has 0 bridgehead atoms. The molecule has 0 saturated carbocycles. The zero-order chi connectivity index (χ0) is 19.6. The van der Waals surface area contributed by atoms with Crippen LogP contribution in [0.4, 0.5) is 0 Å². The van der Waals surface area contributed by atoms with Gasteiger partial charge in [0.2, 0.25) is 5.91 Å². The number of likely N-dealkylation sites (N-methyl/N-ethyl adjacent to an activating group) is 1. The molecule has 0 N–H and O–H groups in total. The van der Waals surface area contributed by atoms with Crippen molar-refractivity contribution in [3.05, 3.63) is 66.0 Å². The van der Waals surface area contributed by atoms with Gasteiger partial charge in [-0.1, -0.05) is 30.3 Å². The Bertz CT molecular complexity index is 829. The minimum Gasteiger partial charge on any atom is -0.342 e. The van der Waals surface area contributed by atoms with Crippen LogP contribution < -0.4 is 0 Å². The molecule has 2 fully saturated rings. The van der Waals surface area contributed by atoms with Crippen molar-refractivity contribution in [1.29, 1.82) is 0 Å². The molecule has 4 rings (SSSR count). The van der Waals surface area contributed by atoms with Gasteiger partial charge >= 0.3 is 0 Å².